The van der Waals surface area contributed by atoms with Gasteiger partial charge in [0.25, 0.3) is 5.56 Å². The number of hydrogen-bond donors (Lipinski definition) is 0. The van der Waals surface area contributed by atoms with Crippen molar-refractivity contribution in [2.75, 3.05) is 0 Å². The van der Waals surface area contributed by atoms with E-state index >= 15 is 0 Å². The van der Waals surface area contributed by atoms with Crippen LogP contribution in [-0.2, 0) is 0 Å². The van der Waals surface area contributed by atoms with Gasteiger partial charge < -0.3 is 4.57 Å². The van der Waals surface area contributed by atoms with E-state index in [1.54, 1.807) is 0 Å². The minimum atomic E-state index is -0.00488. The molecule has 2 heterocycles. The lowest BCUT2D eigenvalue weighted by Gasteiger charge is -2.15. The van der Waals surface area contributed by atoms with Gasteiger partial charge in [-0.1, -0.05) is 66.7 Å². The smallest absolute Gasteiger partial charge is 0.263 e. The summed E-state index contributed by atoms with van der Waals surface area (Å²) in [5, 5.41) is 6.63. The minimum absolute atomic E-state index is 0.00488. The third kappa shape index (κ3) is 2.68. The van der Waals surface area contributed by atoms with E-state index in [9.17, 15) is 4.79 Å². The lowest BCUT2D eigenvalue weighted by atomic mass is 10.1. The van der Waals surface area contributed by atoms with Gasteiger partial charge in [-0.15, -0.1) is 0 Å². The molecule has 0 saturated heterocycles. The van der Waals surface area contributed by atoms with E-state index in [4.69, 9.17) is 5.10 Å². The summed E-state index contributed by atoms with van der Waals surface area (Å²) in [5.41, 5.74) is 4.37. The molecular formula is C25H21N3O. The maximum Gasteiger partial charge on any atom is 0.263 e. The molecule has 5 rings (SSSR count). The molecule has 0 atom stereocenters. The highest BCUT2D eigenvalue weighted by Crippen LogP contribution is 2.33. The third-order valence-electron chi connectivity index (χ3n) is 5.30. The van der Waals surface area contributed by atoms with Gasteiger partial charge in [-0.3, -0.25) is 4.79 Å². The van der Waals surface area contributed by atoms with E-state index in [1.165, 1.54) is 0 Å². The fraction of sp³-hybridized carbons (Fsp3) is 0.120. The topological polar surface area (TPSA) is 39.8 Å². The summed E-state index contributed by atoms with van der Waals surface area (Å²) in [6.07, 6.45) is 0. The van der Waals surface area contributed by atoms with Gasteiger partial charge in [0.1, 0.15) is 5.69 Å². The SMILES string of the molecule is CC(C)n1c(=O)c2c(-c3ccccc3)nn(-c3ccccc3)c2c2ccccc21. The van der Waals surface area contributed by atoms with Crippen LogP contribution in [0.1, 0.15) is 19.9 Å². The lowest BCUT2D eigenvalue weighted by molar-refractivity contribution is 0.604. The Morgan fingerprint density at radius 1 is 0.793 bits per heavy atom. The summed E-state index contributed by atoms with van der Waals surface area (Å²) in [4.78, 5) is 13.7. The Hall–Kier alpha value is -3.66. The van der Waals surface area contributed by atoms with Crippen LogP contribution in [0.15, 0.2) is 89.7 Å². The molecule has 29 heavy (non-hydrogen) atoms. The zero-order valence-electron chi connectivity index (χ0n) is 16.4. The molecule has 0 bridgehead atoms. The summed E-state index contributed by atoms with van der Waals surface area (Å²) in [7, 11) is 0. The molecule has 0 radical (unpaired) electrons. The molecule has 0 saturated carbocycles. The summed E-state index contributed by atoms with van der Waals surface area (Å²) < 4.78 is 3.78. The van der Waals surface area contributed by atoms with Crippen molar-refractivity contribution in [3.05, 3.63) is 95.3 Å². The molecule has 0 aliphatic rings. The van der Waals surface area contributed by atoms with Crippen LogP contribution in [0.25, 0.3) is 38.8 Å². The second-order valence-corrected chi connectivity index (χ2v) is 7.47. The number of pyridine rings is 1. The first kappa shape index (κ1) is 17.4. The van der Waals surface area contributed by atoms with Crippen LogP contribution in [0, 0.1) is 0 Å². The average Bonchev–Trinajstić information content (AvgIpc) is 3.16. The minimum Gasteiger partial charge on any atom is -0.305 e. The van der Waals surface area contributed by atoms with E-state index in [1.807, 2.05) is 102 Å². The normalized spacial score (nSPS) is 11.6. The second-order valence-electron chi connectivity index (χ2n) is 7.47. The standard InChI is InChI=1S/C25H21N3O/c1-17(2)27-21-16-10-9-15-20(21)24-22(25(27)29)23(18-11-5-3-6-12-18)26-28(24)19-13-7-4-8-14-19/h3-17H,1-2H3. The molecule has 0 aliphatic carbocycles. The van der Waals surface area contributed by atoms with E-state index in [-0.39, 0.29) is 11.6 Å². The van der Waals surface area contributed by atoms with Crippen molar-refractivity contribution in [1.29, 1.82) is 0 Å². The molecule has 5 aromatic rings. The Bertz CT molecular complexity index is 1380. The zero-order valence-corrected chi connectivity index (χ0v) is 16.4. The predicted molar refractivity (Wildman–Crippen MR) is 119 cm³/mol. The van der Waals surface area contributed by atoms with Crippen LogP contribution in [0.4, 0.5) is 0 Å². The zero-order chi connectivity index (χ0) is 20.0. The van der Waals surface area contributed by atoms with Gasteiger partial charge in [0.05, 0.1) is 22.1 Å². The molecule has 0 N–H and O–H groups in total. The molecule has 4 nitrogen and oxygen atoms in total. The van der Waals surface area contributed by atoms with Crippen molar-refractivity contribution >= 4 is 21.8 Å². The van der Waals surface area contributed by atoms with E-state index < -0.39 is 0 Å². The van der Waals surface area contributed by atoms with Crippen LogP contribution in [0.3, 0.4) is 0 Å². The number of fused-ring (bicyclic) bond motifs is 3. The van der Waals surface area contributed by atoms with Crippen LogP contribution in [0.5, 0.6) is 0 Å². The van der Waals surface area contributed by atoms with E-state index in [0.717, 1.165) is 33.4 Å². The van der Waals surface area contributed by atoms with Gasteiger partial charge in [0.15, 0.2) is 0 Å². The number of rotatable bonds is 3. The van der Waals surface area contributed by atoms with Gasteiger partial charge in [0, 0.05) is 17.0 Å². The summed E-state index contributed by atoms with van der Waals surface area (Å²) >= 11 is 0. The van der Waals surface area contributed by atoms with Crippen LogP contribution in [0.2, 0.25) is 0 Å². The highest BCUT2D eigenvalue weighted by Gasteiger charge is 2.22. The van der Waals surface area contributed by atoms with Gasteiger partial charge in [0.2, 0.25) is 0 Å². The van der Waals surface area contributed by atoms with E-state index in [2.05, 4.69) is 6.07 Å². The van der Waals surface area contributed by atoms with Crippen molar-refractivity contribution in [2.45, 2.75) is 19.9 Å². The molecule has 142 valence electrons. The maximum atomic E-state index is 13.7. The van der Waals surface area contributed by atoms with Gasteiger partial charge >= 0.3 is 0 Å². The van der Waals surface area contributed by atoms with Crippen LogP contribution in [-0.4, -0.2) is 14.3 Å². The van der Waals surface area contributed by atoms with E-state index in [0.29, 0.717) is 5.39 Å². The molecule has 0 amide bonds. The molecule has 0 unspecified atom stereocenters. The number of aromatic nitrogens is 3. The van der Waals surface area contributed by atoms with Crippen molar-refractivity contribution in [1.82, 2.24) is 14.3 Å². The second kappa shape index (κ2) is 6.74. The van der Waals surface area contributed by atoms with Crippen molar-refractivity contribution in [2.24, 2.45) is 0 Å². The summed E-state index contributed by atoms with van der Waals surface area (Å²) in [6, 6.07) is 28.1. The number of hydrogen-bond acceptors (Lipinski definition) is 2. The fourth-order valence-corrected chi connectivity index (χ4v) is 4.05. The third-order valence-corrected chi connectivity index (χ3v) is 5.30. The Labute approximate surface area is 168 Å². The summed E-state index contributed by atoms with van der Waals surface area (Å²) in [6.45, 7) is 4.09. The van der Waals surface area contributed by atoms with Gasteiger partial charge in [-0.2, -0.15) is 5.10 Å². The Morgan fingerprint density at radius 3 is 2.10 bits per heavy atom. The Kier molecular flexibility index (Phi) is 4.06. The molecule has 0 fully saturated rings. The highest BCUT2D eigenvalue weighted by molar-refractivity contribution is 6.09. The molecule has 0 spiro atoms. The molecule has 0 aliphatic heterocycles. The first-order chi connectivity index (χ1) is 14.2. The quantitative estimate of drug-likeness (QED) is 0.410. The number of para-hydroxylation sites is 2. The average molecular weight is 379 g/mol. The fourth-order valence-electron chi connectivity index (χ4n) is 4.05. The van der Waals surface area contributed by atoms with Crippen molar-refractivity contribution in [3.8, 4) is 16.9 Å². The largest absolute Gasteiger partial charge is 0.305 e. The van der Waals surface area contributed by atoms with Crippen molar-refractivity contribution < 1.29 is 0 Å². The molecule has 3 aromatic carbocycles. The molecular weight excluding hydrogens is 358 g/mol. The lowest BCUT2D eigenvalue weighted by Crippen LogP contribution is -2.22. The highest BCUT2D eigenvalue weighted by atomic mass is 16.1. The number of benzene rings is 3. The molecule has 2 aromatic heterocycles. The predicted octanol–water partition coefficient (Wildman–Crippen LogP) is 5.59. The van der Waals surface area contributed by atoms with Crippen LogP contribution >= 0.6 is 0 Å². The first-order valence-electron chi connectivity index (χ1n) is 9.83. The van der Waals surface area contributed by atoms with Gasteiger partial charge in [-0.05, 0) is 32.0 Å². The Morgan fingerprint density at radius 2 is 1.41 bits per heavy atom. The summed E-state index contributed by atoms with van der Waals surface area (Å²) in [5.74, 6) is 0. The maximum absolute atomic E-state index is 13.7. The van der Waals surface area contributed by atoms with Gasteiger partial charge in [-0.25, -0.2) is 4.68 Å². The molecule has 4 heteroatoms. The first-order valence-corrected chi connectivity index (χ1v) is 9.83. The Balaban J connectivity index is 2.04. The number of nitrogens with zero attached hydrogens (tertiary/aromatic N) is 3. The van der Waals surface area contributed by atoms with Crippen LogP contribution < -0.4 is 5.56 Å². The monoisotopic (exact) mass is 379 g/mol. The van der Waals surface area contributed by atoms with Crippen molar-refractivity contribution in [3.63, 3.8) is 0 Å².